The summed E-state index contributed by atoms with van der Waals surface area (Å²) in [5.74, 6) is -0.896. The summed E-state index contributed by atoms with van der Waals surface area (Å²) in [7, 11) is 0. The summed E-state index contributed by atoms with van der Waals surface area (Å²) < 4.78 is 33.4. The fourth-order valence-corrected chi connectivity index (χ4v) is 1.26. The van der Waals surface area contributed by atoms with Crippen molar-refractivity contribution in [2.75, 3.05) is 0 Å². The number of para-hydroxylation sites is 1. The molecule has 0 saturated heterocycles. The molecule has 0 spiro atoms. The van der Waals surface area contributed by atoms with E-state index in [0.717, 1.165) is 0 Å². The summed E-state index contributed by atoms with van der Waals surface area (Å²) in [6, 6.07) is 8.25. The van der Waals surface area contributed by atoms with Crippen LogP contribution in [0.4, 0.5) is 8.78 Å². The summed E-state index contributed by atoms with van der Waals surface area (Å²) in [5.41, 5.74) is 0. The van der Waals surface area contributed by atoms with Gasteiger partial charge in [0.1, 0.15) is 5.75 Å². The SMILES string of the molecule is CC(C)C(OC(F)F)C(=O)Oc1ccccc1. The van der Waals surface area contributed by atoms with Crippen LogP contribution in [0.15, 0.2) is 30.3 Å². The second kappa shape index (κ2) is 6.30. The second-order valence-corrected chi connectivity index (χ2v) is 3.80. The lowest BCUT2D eigenvalue weighted by molar-refractivity contribution is -0.192. The van der Waals surface area contributed by atoms with Crippen molar-refractivity contribution in [3.8, 4) is 5.75 Å². The van der Waals surface area contributed by atoms with Crippen LogP contribution in [0.5, 0.6) is 5.75 Å². The Bertz CT molecular complexity index is 352. The van der Waals surface area contributed by atoms with Gasteiger partial charge in [-0.2, -0.15) is 8.78 Å². The number of carbonyl (C=O) groups excluding carboxylic acids is 1. The lowest BCUT2D eigenvalue weighted by Crippen LogP contribution is -2.34. The van der Waals surface area contributed by atoms with E-state index in [9.17, 15) is 13.6 Å². The van der Waals surface area contributed by atoms with E-state index in [0.29, 0.717) is 5.75 Å². The number of carbonyl (C=O) groups is 1. The van der Waals surface area contributed by atoms with E-state index in [1.54, 1.807) is 44.2 Å². The molecule has 0 aliphatic heterocycles. The summed E-state index contributed by atoms with van der Waals surface area (Å²) in [6.07, 6.45) is -1.27. The van der Waals surface area contributed by atoms with Crippen LogP contribution in [0.2, 0.25) is 0 Å². The Morgan fingerprint density at radius 1 is 1.18 bits per heavy atom. The summed E-state index contributed by atoms with van der Waals surface area (Å²) in [5, 5.41) is 0. The van der Waals surface area contributed by atoms with Gasteiger partial charge in [-0.25, -0.2) is 4.79 Å². The van der Waals surface area contributed by atoms with Gasteiger partial charge in [-0.15, -0.1) is 0 Å². The molecule has 0 N–H and O–H groups in total. The fraction of sp³-hybridized carbons (Fsp3) is 0.417. The topological polar surface area (TPSA) is 35.5 Å². The van der Waals surface area contributed by atoms with E-state index in [1.165, 1.54) is 0 Å². The van der Waals surface area contributed by atoms with E-state index in [4.69, 9.17) is 4.74 Å². The molecular weight excluding hydrogens is 230 g/mol. The van der Waals surface area contributed by atoms with Crippen molar-refractivity contribution >= 4 is 5.97 Å². The van der Waals surface area contributed by atoms with Crippen LogP contribution in [-0.2, 0) is 9.53 Å². The standard InChI is InChI=1S/C12H14F2O3/c1-8(2)10(17-12(13)14)11(15)16-9-6-4-3-5-7-9/h3-8,10,12H,1-2H3. The number of benzene rings is 1. The van der Waals surface area contributed by atoms with Crippen LogP contribution in [0.25, 0.3) is 0 Å². The smallest absolute Gasteiger partial charge is 0.346 e. The molecule has 1 unspecified atom stereocenters. The van der Waals surface area contributed by atoms with E-state index in [-0.39, 0.29) is 5.92 Å². The number of rotatable bonds is 5. The van der Waals surface area contributed by atoms with Crippen molar-refractivity contribution < 1.29 is 23.0 Å². The van der Waals surface area contributed by atoms with Crippen LogP contribution in [0.3, 0.4) is 0 Å². The predicted octanol–water partition coefficient (Wildman–Crippen LogP) is 2.86. The largest absolute Gasteiger partial charge is 0.425 e. The van der Waals surface area contributed by atoms with Crippen molar-refractivity contribution in [1.82, 2.24) is 0 Å². The first-order valence-corrected chi connectivity index (χ1v) is 5.21. The summed E-state index contributed by atoms with van der Waals surface area (Å²) >= 11 is 0. The lowest BCUT2D eigenvalue weighted by Gasteiger charge is -2.19. The molecular formula is C12H14F2O3. The number of alkyl halides is 2. The van der Waals surface area contributed by atoms with Gasteiger partial charge < -0.3 is 9.47 Å². The molecule has 3 nitrogen and oxygen atoms in total. The van der Waals surface area contributed by atoms with Gasteiger partial charge in [0.15, 0.2) is 6.10 Å². The number of ether oxygens (including phenoxy) is 2. The van der Waals surface area contributed by atoms with Gasteiger partial charge in [0.2, 0.25) is 0 Å². The Labute approximate surface area is 98.3 Å². The van der Waals surface area contributed by atoms with Crippen LogP contribution < -0.4 is 4.74 Å². The minimum atomic E-state index is -2.99. The molecule has 0 aliphatic rings. The van der Waals surface area contributed by atoms with E-state index in [2.05, 4.69) is 4.74 Å². The zero-order valence-electron chi connectivity index (χ0n) is 9.60. The molecule has 5 heteroatoms. The first kappa shape index (κ1) is 13.6. The maximum absolute atomic E-state index is 12.1. The van der Waals surface area contributed by atoms with Crippen LogP contribution in [0.1, 0.15) is 13.8 Å². The highest BCUT2D eigenvalue weighted by molar-refractivity contribution is 5.77. The predicted molar refractivity (Wildman–Crippen MR) is 57.8 cm³/mol. The number of halogens is 2. The van der Waals surface area contributed by atoms with Gasteiger partial charge in [-0.05, 0) is 18.1 Å². The quantitative estimate of drug-likeness (QED) is 0.590. The van der Waals surface area contributed by atoms with E-state index >= 15 is 0 Å². The number of hydrogen-bond donors (Lipinski definition) is 0. The third-order valence-corrected chi connectivity index (χ3v) is 2.05. The molecule has 1 rings (SSSR count). The van der Waals surface area contributed by atoms with Gasteiger partial charge in [0.05, 0.1) is 0 Å². The Hall–Kier alpha value is -1.49. The maximum atomic E-state index is 12.1. The Balaban J connectivity index is 2.66. The minimum Gasteiger partial charge on any atom is -0.425 e. The Kier molecular flexibility index (Phi) is 5.03. The van der Waals surface area contributed by atoms with Crippen LogP contribution in [-0.4, -0.2) is 18.7 Å². The third-order valence-electron chi connectivity index (χ3n) is 2.05. The summed E-state index contributed by atoms with van der Waals surface area (Å²) in [4.78, 5) is 11.6. The van der Waals surface area contributed by atoms with Gasteiger partial charge in [-0.3, -0.25) is 0 Å². The highest BCUT2D eigenvalue weighted by Gasteiger charge is 2.28. The molecule has 1 atom stereocenters. The third kappa shape index (κ3) is 4.48. The fourth-order valence-electron chi connectivity index (χ4n) is 1.26. The highest BCUT2D eigenvalue weighted by atomic mass is 19.3. The number of esters is 1. The number of hydrogen-bond acceptors (Lipinski definition) is 3. The molecule has 0 heterocycles. The van der Waals surface area contributed by atoms with E-state index in [1.807, 2.05) is 0 Å². The average Bonchev–Trinajstić information content (AvgIpc) is 2.26. The van der Waals surface area contributed by atoms with Crippen molar-refractivity contribution in [1.29, 1.82) is 0 Å². The van der Waals surface area contributed by atoms with E-state index < -0.39 is 18.7 Å². The first-order valence-electron chi connectivity index (χ1n) is 5.21. The molecule has 1 aromatic rings. The second-order valence-electron chi connectivity index (χ2n) is 3.80. The Morgan fingerprint density at radius 3 is 2.24 bits per heavy atom. The zero-order chi connectivity index (χ0) is 12.8. The van der Waals surface area contributed by atoms with Crippen molar-refractivity contribution in [3.63, 3.8) is 0 Å². The molecule has 0 saturated carbocycles. The molecule has 0 aliphatic carbocycles. The van der Waals surface area contributed by atoms with Gasteiger partial charge in [0, 0.05) is 0 Å². The molecule has 0 bridgehead atoms. The average molecular weight is 244 g/mol. The van der Waals surface area contributed by atoms with Crippen molar-refractivity contribution in [2.24, 2.45) is 5.92 Å². The van der Waals surface area contributed by atoms with Gasteiger partial charge in [-0.1, -0.05) is 32.0 Å². The maximum Gasteiger partial charge on any atom is 0.346 e. The first-order chi connectivity index (χ1) is 8.00. The minimum absolute atomic E-state index is 0.306. The van der Waals surface area contributed by atoms with Crippen molar-refractivity contribution in [2.45, 2.75) is 26.6 Å². The molecule has 17 heavy (non-hydrogen) atoms. The molecule has 0 amide bonds. The summed E-state index contributed by atoms with van der Waals surface area (Å²) in [6.45, 7) is 0.226. The highest BCUT2D eigenvalue weighted by Crippen LogP contribution is 2.16. The molecule has 0 aromatic heterocycles. The zero-order valence-corrected chi connectivity index (χ0v) is 9.60. The lowest BCUT2D eigenvalue weighted by atomic mass is 10.1. The van der Waals surface area contributed by atoms with Crippen LogP contribution in [0, 0.1) is 5.92 Å². The molecule has 0 fully saturated rings. The Morgan fingerprint density at radius 2 is 1.76 bits per heavy atom. The van der Waals surface area contributed by atoms with Gasteiger partial charge in [0.25, 0.3) is 0 Å². The molecule has 0 radical (unpaired) electrons. The van der Waals surface area contributed by atoms with Crippen molar-refractivity contribution in [3.05, 3.63) is 30.3 Å². The van der Waals surface area contributed by atoms with Gasteiger partial charge >= 0.3 is 12.6 Å². The van der Waals surface area contributed by atoms with Crippen LogP contribution >= 0.6 is 0 Å². The molecule has 1 aromatic carbocycles. The molecule has 94 valence electrons. The normalized spacial score (nSPS) is 12.8. The monoisotopic (exact) mass is 244 g/mol.